The van der Waals surface area contributed by atoms with E-state index in [4.69, 9.17) is 0 Å². The van der Waals surface area contributed by atoms with Gasteiger partial charge in [0.1, 0.15) is 0 Å². The first-order valence-electron chi connectivity index (χ1n) is 3.92. The van der Waals surface area contributed by atoms with Crippen LogP contribution in [0.15, 0.2) is 0 Å². The molecule has 1 aliphatic rings. The highest BCUT2D eigenvalue weighted by molar-refractivity contribution is 5.88. The fourth-order valence-electron chi connectivity index (χ4n) is 1.41. The zero-order chi connectivity index (χ0) is 10.9. The van der Waals surface area contributed by atoms with Crippen LogP contribution in [0.25, 0.3) is 0 Å². The van der Waals surface area contributed by atoms with E-state index >= 15 is 0 Å². The van der Waals surface area contributed by atoms with Gasteiger partial charge in [-0.2, -0.15) is 0 Å². The van der Waals surface area contributed by atoms with Crippen molar-refractivity contribution in [2.24, 2.45) is 0 Å². The number of Topliss-reactive ketones (excluding diaryl/α,β-unsaturated/α-hetero) is 1. The van der Waals surface area contributed by atoms with E-state index in [-0.39, 0.29) is 13.1 Å². The molecule has 0 unspecified atom stereocenters. The summed E-state index contributed by atoms with van der Waals surface area (Å²) in [6.07, 6.45) is 0. The van der Waals surface area contributed by atoms with E-state index in [1.807, 2.05) is 0 Å². The van der Waals surface area contributed by atoms with Crippen LogP contribution in [0.3, 0.4) is 0 Å². The largest absolute Gasteiger partial charge is 0.292 e. The molecule has 0 aromatic carbocycles. The van der Waals surface area contributed by atoms with Crippen molar-refractivity contribution in [3.05, 3.63) is 20.2 Å². The lowest BCUT2D eigenvalue weighted by Crippen LogP contribution is -2.56. The maximum atomic E-state index is 11.2. The average molecular weight is 203 g/mol. The van der Waals surface area contributed by atoms with Crippen molar-refractivity contribution in [2.75, 3.05) is 20.1 Å². The van der Waals surface area contributed by atoms with Gasteiger partial charge in [-0.05, 0) is 7.05 Å². The number of carbonyl (C=O) groups excluding carboxylic acids is 1. The molecule has 14 heavy (non-hydrogen) atoms. The molecule has 0 N–H and O–H groups in total. The predicted molar refractivity (Wildman–Crippen MR) is 44.1 cm³/mol. The fraction of sp³-hybridized carbons (Fsp3) is 0.833. The molecule has 0 aromatic rings. The van der Waals surface area contributed by atoms with Crippen LogP contribution in [0, 0.1) is 20.2 Å². The van der Waals surface area contributed by atoms with Gasteiger partial charge in [0.25, 0.3) is 17.9 Å². The molecule has 8 heteroatoms. The van der Waals surface area contributed by atoms with Crippen molar-refractivity contribution in [2.45, 2.75) is 12.1 Å². The highest BCUT2D eigenvalue weighted by Gasteiger charge is 2.47. The Balaban J connectivity index is 2.86. The van der Waals surface area contributed by atoms with E-state index in [9.17, 15) is 25.0 Å². The second-order valence-corrected chi connectivity index (χ2v) is 3.23. The maximum Gasteiger partial charge on any atom is 0.289 e. The zero-order valence-electron chi connectivity index (χ0n) is 7.45. The molecular weight excluding hydrogens is 194 g/mol. The third-order valence-corrected chi connectivity index (χ3v) is 2.14. The third kappa shape index (κ3) is 1.84. The van der Waals surface area contributed by atoms with E-state index in [2.05, 4.69) is 0 Å². The molecule has 0 spiro atoms. The number of likely N-dealkylation sites (tertiary alicyclic amines) is 1. The van der Waals surface area contributed by atoms with Crippen LogP contribution in [0.4, 0.5) is 0 Å². The Morgan fingerprint density at radius 3 is 1.86 bits per heavy atom. The van der Waals surface area contributed by atoms with Gasteiger partial charge in [0, 0.05) is 9.85 Å². The highest BCUT2D eigenvalue weighted by Crippen LogP contribution is 2.10. The van der Waals surface area contributed by atoms with Crippen molar-refractivity contribution in [1.29, 1.82) is 0 Å². The molecule has 78 valence electrons. The number of piperidine rings is 1. The third-order valence-electron chi connectivity index (χ3n) is 2.14. The van der Waals surface area contributed by atoms with E-state index in [0.717, 1.165) is 0 Å². The quantitative estimate of drug-likeness (QED) is 0.411. The van der Waals surface area contributed by atoms with Gasteiger partial charge >= 0.3 is 0 Å². The van der Waals surface area contributed by atoms with Gasteiger partial charge in [0.2, 0.25) is 0 Å². The molecule has 0 aliphatic carbocycles. The molecule has 1 fully saturated rings. The molecule has 0 radical (unpaired) electrons. The van der Waals surface area contributed by atoms with E-state index < -0.39 is 27.7 Å². The van der Waals surface area contributed by atoms with Crippen LogP contribution in [-0.4, -0.2) is 52.8 Å². The van der Waals surface area contributed by atoms with Crippen LogP contribution in [-0.2, 0) is 4.79 Å². The molecule has 0 saturated carbocycles. The summed E-state index contributed by atoms with van der Waals surface area (Å²) in [4.78, 5) is 32.0. The number of nitrogens with zero attached hydrogens (tertiary/aromatic N) is 3. The van der Waals surface area contributed by atoms with Gasteiger partial charge in [-0.1, -0.05) is 0 Å². The Morgan fingerprint density at radius 2 is 1.57 bits per heavy atom. The predicted octanol–water partition coefficient (Wildman–Crippen LogP) is -1.21. The summed E-state index contributed by atoms with van der Waals surface area (Å²) in [6, 6.07) is -2.94. The monoisotopic (exact) mass is 203 g/mol. The van der Waals surface area contributed by atoms with Gasteiger partial charge in [-0.15, -0.1) is 0 Å². The topological polar surface area (TPSA) is 107 Å². The van der Waals surface area contributed by atoms with E-state index in [0.29, 0.717) is 0 Å². The summed E-state index contributed by atoms with van der Waals surface area (Å²) in [5, 5.41) is 20.8. The highest BCUT2D eigenvalue weighted by atomic mass is 16.6. The minimum atomic E-state index is -1.47. The van der Waals surface area contributed by atoms with Crippen molar-refractivity contribution in [3.8, 4) is 0 Å². The lowest BCUT2D eigenvalue weighted by atomic mass is 10.0. The molecule has 8 nitrogen and oxygen atoms in total. The molecule has 0 amide bonds. The maximum absolute atomic E-state index is 11.2. The second-order valence-electron chi connectivity index (χ2n) is 3.23. The first kappa shape index (κ1) is 10.5. The normalized spacial score (nSPS) is 28.8. The smallest absolute Gasteiger partial charge is 0.289 e. The number of rotatable bonds is 2. The number of likely N-dealkylation sites (N-methyl/N-ethyl adjacent to an activating group) is 1. The molecule has 1 heterocycles. The van der Waals surface area contributed by atoms with Crippen molar-refractivity contribution in [1.82, 2.24) is 4.90 Å². The van der Waals surface area contributed by atoms with Gasteiger partial charge in [-0.25, -0.2) is 0 Å². The van der Waals surface area contributed by atoms with E-state index in [1.165, 1.54) is 11.9 Å². The van der Waals surface area contributed by atoms with Crippen LogP contribution in [0.2, 0.25) is 0 Å². The van der Waals surface area contributed by atoms with Crippen molar-refractivity contribution >= 4 is 5.78 Å². The molecule has 0 bridgehead atoms. The Bertz CT molecular complexity index is 265. The summed E-state index contributed by atoms with van der Waals surface area (Å²) in [5.74, 6) is -0.905. The first-order valence-corrected chi connectivity index (χ1v) is 3.92. The summed E-state index contributed by atoms with van der Waals surface area (Å²) in [5.41, 5.74) is 0. The van der Waals surface area contributed by atoms with Gasteiger partial charge in [0.15, 0.2) is 0 Å². The molecule has 2 atom stereocenters. The van der Waals surface area contributed by atoms with Crippen molar-refractivity contribution < 1.29 is 14.6 Å². The number of hydrogen-bond acceptors (Lipinski definition) is 6. The summed E-state index contributed by atoms with van der Waals surface area (Å²) < 4.78 is 0. The minimum absolute atomic E-state index is 0.0594. The molecule has 1 saturated heterocycles. The van der Waals surface area contributed by atoms with Gasteiger partial charge < -0.3 is 0 Å². The molecule has 0 aromatic heterocycles. The fourth-order valence-corrected chi connectivity index (χ4v) is 1.41. The summed E-state index contributed by atoms with van der Waals surface area (Å²) in [7, 11) is 1.51. The zero-order valence-corrected chi connectivity index (χ0v) is 7.45. The molecule has 1 aliphatic heterocycles. The first-order chi connectivity index (χ1) is 6.43. The van der Waals surface area contributed by atoms with Gasteiger partial charge in [-0.3, -0.25) is 29.9 Å². The van der Waals surface area contributed by atoms with E-state index in [1.54, 1.807) is 0 Å². The Kier molecular flexibility index (Phi) is 2.75. The summed E-state index contributed by atoms with van der Waals surface area (Å²) >= 11 is 0. The standard InChI is InChI=1S/C6H9N3O5/c1-7-2-4(8(11)12)6(10)5(3-7)9(13)14/h4-5H,2-3H2,1H3/t4-,5+. The molecule has 1 rings (SSSR count). The van der Waals surface area contributed by atoms with Crippen LogP contribution >= 0.6 is 0 Å². The average Bonchev–Trinajstić information content (AvgIpc) is 2.07. The van der Waals surface area contributed by atoms with Crippen LogP contribution in [0.5, 0.6) is 0 Å². The van der Waals surface area contributed by atoms with Gasteiger partial charge in [0.05, 0.1) is 13.1 Å². The number of ketones is 1. The molecular formula is C6H9N3O5. The Hall–Kier alpha value is -1.57. The number of carbonyl (C=O) groups is 1. The Morgan fingerprint density at radius 1 is 1.21 bits per heavy atom. The van der Waals surface area contributed by atoms with Crippen LogP contribution < -0.4 is 0 Å². The SMILES string of the molecule is CN1C[C@@H]([N+](=O)[O-])C(=O)[C@@H]([N+](=O)[O-])C1. The Labute approximate surface area is 78.8 Å². The lowest BCUT2D eigenvalue weighted by Gasteiger charge is -2.25. The number of hydrogen-bond donors (Lipinski definition) is 0. The minimum Gasteiger partial charge on any atom is -0.292 e. The van der Waals surface area contributed by atoms with Crippen molar-refractivity contribution in [3.63, 3.8) is 0 Å². The lowest BCUT2D eigenvalue weighted by molar-refractivity contribution is -0.538. The second kappa shape index (κ2) is 3.66. The summed E-state index contributed by atoms with van der Waals surface area (Å²) in [6.45, 7) is -0.119. The number of nitro groups is 2. The van der Waals surface area contributed by atoms with Crippen LogP contribution in [0.1, 0.15) is 0 Å².